The molecule has 172 valence electrons. The molecule has 0 saturated heterocycles. The first kappa shape index (κ1) is 24.3. The van der Waals surface area contributed by atoms with Gasteiger partial charge in [-0.25, -0.2) is 4.39 Å². The number of pyridine rings is 2. The fourth-order valence-electron chi connectivity index (χ4n) is 4.58. The zero-order valence-corrected chi connectivity index (χ0v) is 20.2. The molecule has 5 heteroatoms. The van der Waals surface area contributed by atoms with Crippen LogP contribution in [0, 0.1) is 18.7 Å². The first-order valence-electron chi connectivity index (χ1n) is 11.3. The van der Waals surface area contributed by atoms with E-state index in [0.717, 1.165) is 34.5 Å². The number of nitrogens with one attached hydrogen (secondary N) is 1. The molecule has 0 bridgehead atoms. The number of carbonyl (C=O) groups excluding carboxylic acids is 1. The molecule has 33 heavy (non-hydrogen) atoms. The van der Waals surface area contributed by atoms with Gasteiger partial charge in [0.05, 0.1) is 22.5 Å². The van der Waals surface area contributed by atoms with Crippen LogP contribution in [0.5, 0.6) is 0 Å². The molecule has 0 unspecified atom stereocenters. The Morgan fingerprint density at radius 3 is 2.12 bits per heavy atom. The normalized spacial score (nSPS) is 12.5. The molecule has 0 fully saturated rings. The lowest BCUT2D eigenvalue weighted by molar-refractivity contribution is -0.105. The van der Waals surface area contributed by atoms with Crippen molar-refractivity contribution in [1.82, 2.24) is 9.97 Å². The summed E-state index contributed by atoms with van der Waals surface area (Å²) in [5.41, 5.74) is 4.98. The number of halogens is 1. The number of rotatable bonds is 8. The van der Waals surface area contributed by atoms with Gasteiger partial charge in [-0.3, -0.25) is 14.8 Å². The van der Waals surface area contributed by atoms with E-state index in [9.17, 15) is 4.79 Å². The van der Waals surface area contributed by atoms with Gasteiger partial charge < -0.3 is 5.32 Å². The number of benzene rings is 1. The van der Waals surface area contributed by atoms with Crippen LogP contribution in [-0.2, 0) is 10.2 Å². The summed E-state index contributed by atoms with van der Waals surface area (Å²) in [5.74, 6) is -0.184. The molecule has 3 rings (SSSR count). The highest BCUT2D eigenvalue weighted by molar-refractivity contribution is 5.82. The van der Waals surface area contributed by atoms with Crippen molar-refractivity contribution < 1.29 is 9.18 Å². The van der Waals surface area contributed by atoms with Crippen LogP contribution < -0.4 is 5.32 Å². The first-order chi connectivity index (χ1) is 15.8. The van der Waals surface area contributed by atoms with E-state index in [-0.39, 0.29) is 11.7 Å². The Morgan fingerprint density at radius 1 is 1.12 bits per heavy atom. The van der Waals surface area contributed by atoms with E-state index in [1.165, 1.54) is 0 Å². The Balaban J connectivity index is 2.49. The van der Waals surface area contributed by atoms with Crippen LogP contribution in [0.1, 0.15) is 69.1 Å². The first-order valence-corrected chi connectivity index (χ1v) is 11.3. The van der Waals surface area contributed by atoms with Crippen molar-refractivity contribution in [3.63, 3.8) is 0 Å². The Labute approximate surface area is 196 Å². The van der Waals surface area contributed by atoms with Gasteiger partial charge in [-0.2, -0.15) is 0 Å². The number of hydrogen-bond donors (Lipinski definition) is 1. The molecule has 0 spiro atoms. The van der Waals surface area contributed by atoms with Gasteiger partial charge in [0, 0.05) is 23.5 Å². The van der Waals surface area contributed by atoms with Gasteiger partial charge in [-0.15, -0.1) is 0 Å². The summed E-state index contributed by atoms with van der Waals surface area (Å²) >= 11 is 0. The van der Waals surface area contributed by atoms with E-state index in [4.69, 9.17) is 0 Å². The minimum Gasteiger partial charge on any atom is -0.328 e. The van der Waals surface area contributed by atoms with Crippen LogP contribution in [0.15, 0.2) is 60.4 Å². The average molecular weight is 446 g/mol. The van der Waals surface area contributed by atoms with E-state index >= 15 is 4.39 Å². The van der Waals surface area contributed by atoms with Gasteiger partial charge >= 0.3 is 0 Å². The molecular weight excluding hydrogens is 413 g/mol. The van der Waals surface area contributed by atoms with Gasteiger partial charge in [-0.05, 0) is 74.6 Å². The molecule has 1 aromatic carbocycles. The van der Waals surface area contributed by atoms with Crippen molar-refractivity contribution in [2.75, 3.05) is 5.32 Å². The molecule has 2 aromatic heterocycles. The van der Waals surface area contributed by atoms with Crippen molar-refractivity contribution in [3.05, 3.63) is 94.3 Å². The van der Waals surface area contributed by atoms with Gasteiger partial charge in [0.15, 0.2) is 0 Å². The van der Waals surface area contributed by atoms with E-state index in [2.05, 4.69) is 43.0 Å². The number of anilines is 1. The third kappa shape index (κ3) is 4.45. The summed E-state index contributed by atoms with van der Waals surface area (Å²) in [5, 5.41) is 2.78. The molecule has 4 nitrogen and oxygen atoms in total. The van der Waals surface area contributed by atoms with Crippen LogP contribution in [-0.4, -0.2) is 16.4 Å². The second-order valence-electron chi connectivity index (χ2n) is 8.81. The van der Waals surface area contributed by atoms with Crippen molar-refractivity contribution in [2.24, 2.45) is 5.92 Å². The summed E-state index contributed by atoms with van der Waals surface area (Å²) in [6, 6.07) is 13.3. The fourth-order valence-corrected chi connectivity index (χ4v) is 4.58. The maximum absolute atomic E-state index is 15.8. The van der Waals surface area contributed by atoms with Crippen molar-refractivity contribution in [3.8, 4) is 0 Å². The quantitative estimate of drug-likeness (QED) is 0.393. The van der Waals surface area contributed by atoms with Crippen LogP contribution in [0.3, 0.4) is 0 Å². The predicted octanol–water partition coefficient (Wildman–Crippen LogP) is 6.69. The molecule has 0 aliphatic heterocycles. The van der Waals surface area contributed by atoms with Gasteiger partial charge in [-0.1, -0.05) is 38.5 Å². The van der Waals surface area contributed by atoms with E-state index in [1.807, 2.05) is 49.4 Å². The summed E-state index contributed by atoms with van der Waals surface area (Å²) in [4.78, 5) is 20.9. The maximum Gasteiger partial charge on any atom is 0.211 e. The van der Waals surface area contributed by atoms with Crippen LogP contribution in [0.4, 0.5) is 10.1 Å². The number of aromatic nitrogens is 2. The Hall–Kier alpha value is -3.34. The Kier molecular flexibility index (Phi) is 7.42. The molecule has 2 heterocycles. The third-order valence-corrected chi connectivity index (χ3v) is 6.45. The van der Waals surface area contributed by atoms with Gasteiger partial charge in [0.25, 0.3) is 0 Å². The highest BCUT2D eigenvalue weighted by atomic mass is 19.1. The summed E-state index contributed by atoms with van der Waals surface area (Å²) in [6.07, 6.45) is 4.90. The number of allylic oxidation sites excluding steroid dienone is 2. The topological polar surface area (TPSA) is 54.9 Å². The van der Waals surface area contributed by atoms with Crippen LogP contribution in [0.2, 0.25) is 0 Å². The number of hydrogen-bond acceptors (Lipinski definition) is 3. The summed E-state index contributed by atoms with van der Waals surface area (Å²) < 4.78 is 15.8. The minimum atomic E-state index is -0.830. The second kappa shape index (κ2) is 10.1. The standard InChI is InChI=1S/C28H32FN3O/c1-7-19(4)25(18(2)3)21-16-22(27(32-17-33)20(5)26(21)29)28(6,23-12-8-10-14-30-23)24-13-9-11-15-31-24/h8-18H,7H2,1-6H3,(H,32,33)/b25-19+. The maximum atomic E-state index is 15.8. The Bertz CT molecular complexity index is 1120. The minimum absolute atomic E-state index is 0.132. The van der Waals surface area contributed by atoms with Crippen LogP contribution in [0.25, 0.3) is 5.57 Å². The molecule has 3 aromatic rings. The molecule has 0 saturated carbocycles. The molecule has 1 N–H and O–H groups in total. The second-order valence-corrected chi connectivity index (χ2v) is 8.81. The molecule has 1 amide bonds. The average Bonchev–Trinajstić information content (AvgIpc) is 2.83. The van der Waals surface area contributed by atoms with Crippen LogP contribution >= 0.6 is 0 Å². The van der Waals surface area contributed by atoms with E-state index in [0.29, 0.717) is 23.2 Å². The molecular formula is C28H32FN3O. The monoisotopic (exact) mass is 445 g/mol. The lowest BCUT2D eigenvalue weighted by Gasteiger charge is -2.33. The number of carbonyl (C=O) groups is 1. The summed E-state index contributed by atoms with van der Waals surface area (Å²) in [7, 11) is 0. The zero-order valence-electron chi connectivity index (χ0n) is 20.2. The molecule has 0 radical (unpaired) electrons. The lowest BCUT2D eigenvalue weighted by atomic mass is 9.73. The molecule has 0 aliphatic carbocycles. The fraction of sp³-hybridized carbons (Fsp3) is 0.321. The third-order valence-electron chi connectivity index (χ3n) is 6.45. The van der Waals surface area contributed by atoms with E-state index in [1.54, 1.807) is 19.3 Å². The molecule has 0 aliphatic rings. The molecule has 0 atom stereocenters. The Morgan fingerprint density at radius 2 is 1.70 bits per heavy atom. The number of nitrogens with zero attached hydrogens (tertiary/aromatic N) is 2. The highest BCUT2D eigenvalue weighted by Crippen LogP contribution is 2.45. The largest absolute Gasteiger partial charge is 0.328 e. The smallest absolute Gasteiger partial charge is 0.211 e. The summed E-state index contributed by atoms with van der Waals surface area (Å²) in [6.45, 7) is 12.0. The van der Waals surface area contributed by atoms with Gasteiger partial charge in [0.1, 0.15) is 5.82 Å². The SMILES string of the molecule is CC/C(C)=C(/c1cc(C(C)(c2ccccn2)c2ccccn2)c(NC=O)c(C)c1F)C(C)C. The zero-order chi connectivity index (χ0) is 24.2. The lowest BCUT2D eigenvalue weighted by Crippen LogP contribution is -2.30. The predicted molar refractivity (Wildman–Crippen MR) is 133 cm³/mol. The van der Waals surface area contributed by atoms with Gasteiger partial charge in [0.2, 0.25) is 6.41 Å². The highest BCUT2D eigenvalue weighted by Gasteiger charge is 2.38. The number of amides is 1. The van der Waals surface area contributed by atoms with Crippen molar-refractivity contribution in [2.45, 2.75) is 53.4 Å². The van der Waals surface area contributed by atoms with E-state index < -0.39 is 5.41 Å². The van der Waals surface area contributed by atoms with Crippen molar-refractivity contribution in [1.29, 1.82) is 0 Å². The van der Waals surface area contributed by atoms with Crippen molar-refractivity contribution >= 4 is 17.7 Å².